The summed E-state index contributed by atoms with van der Waals surface area (Å²) >= 11 is 3.36. The summed E-state index contributed by atoms with van der Waals surface area (Å²) in [5.74, 6) is 2.25. The summed E-state index contributed by atoms with van der Waals surface area (Å²) in [4.78, 5) is 15.5. The van der Waals surface area contributed by atoms with Gasteiger partial charge in [-0.1, -0.05) is 0 Å². The van der Waals surface area contributed by atoms with Gasteiger partial charge in [-0.3, -0.25) is 4.79 Å². The SMILES string of the molecule is Nc1ccsc1C(=O)N(CC1CCCO1)C1CCSC1. The van der Waals surface area contributed by atoms with Gasteiger partial charge in [-0.15, -0.1) is 11.3 Å². The van der Waals surface area contributed by atoms with Crippen LogP contribution in [0.25, 0.3) is 0 Å². The molecule has 1 aromatic heterocycles. The monoisotopic (exact) mass is 312 g/mol. The summed E-state index contributed by atoms with van der Waals surface area (Å²) in [5.41, 5.74) is 6.51. The molecule has 1 amide bonds. The summed E-state index contributed by atoms with van der Waals surface area (Å²) in [5, 5.41) is 1.89. The lowest BCUT2D eigenvalue weighted by molar-refractivity contribution is 0.0446. The Morgan fingerprint density at radius 1 is 1.50 bits per heavy atom. The lowest BCUT2D eigenvalue weighted by atomic mass is 10.1. The van der Waals surface area contributed by atoms with Crippen molar-refractivity contribution in [2.45, 2.75) is 31.4 Å². The van der Waals surface area contributed by atoms with Crippen LogP contribution in [0, 0.1) is 0 Å². The third-order valence-corrected chi connectivity index (χ3v) is 5.98. The standard InChI is InChI=1S/C14H20N2O2S2/c15-12-4-7-20-13(12)14(17)16(10-3-6-19-9-10)8-11-2-1-5-18-11/h4,7,10-11H,1-3,5-6,8-9,15H2. The summed E-state index contributed by atoms with van der Waals surface area (Å²) in [6.07, 6.45) is 3.44. The highest BCUT2D eigenvalue weighted by Gasteiger charge is 2.32. The predicted molar refractivity (Wildman–Crippen MR) is 84.5 cm³/mol. The molecule has 0 radical (unpaired) electrons. The molecule has 3 rings (SSSR count). The molecule has 0 bridgehead atoms. The number of nitrogens with zero attached hydrogens (tertiary/aromatic N) is 1. The third-order valence-electron chi connectivity index (χ3n) is 3.92. The number of thiophene rings is 1. The van der Waals surface area contributed by atoms with E-state index in [2.05, 4.69) is 0 Å². The molecule has 0 saturated carbocycles. The molecule has 2 fully saturated rings. The first-order chi connectivity index (χ1) is 9.75. The Balaban J connectivity index is 1.76. The molecule has 0 aromatic carbocycles. The van der Waals surface area contributed by atoms with Crippen molar-refractivity contribution in [1.82, 2.24) is 4.90 Å². The maximum absolute atomic E-state index is 12.8. The van der Waals surface area contributed by atoms with Crippen LogP contribution in [0.15, 0.2) is 11.4 Å². The van der Waals surface area contributed by atoms with Gasteiger partial charge in [0.15, 0.2) is 0 Å². The predicted octanol–water partition coefficient (Wildman–Crippen LogP) is 2.46. The lowest BCUT2D eigenvalue weighted by Crippen LogP contribution is -2.44. The molecule has 1 aromatic rings. The molecular weight excluding hydrogens is 292 g/mol. The first-order valence-corrected chi connectivity index (χ1v) is 9.12. The molecule has 2 saturated heterocycles. The van der Waals surface area contributed by atoms with Crippen molar-refractivity contribution in [1.29, 1.82) is 0 Å². The van der Waals surface area contributed by atoms with Crippen LogP contribution in [0.5, 0.6) is 0 Å². The molecule has 110 valence electrons. The number of hydrogen-bond donors (Lipinski definition) is 1. The van der Waals surface area contributed by atoms with E-state index in [-0.39, 0.29) is 12.0 Å². The van der Waals surface area contributed by atoms with Gasteiger partial charge < -0.3 is 15.4 Å². The summed E-state index contributed by atoms with van der Waals surface area (Å²) in [6.45, 7) is 1.54. The normalized spacial score (nSPS) is 26.0. The number of anilines is 1. The Morgan fingerprint density at radius 2 is 2.40 bits per heavy atom. The van der Waals surface area contributed by atoms with Crippen molar-refractivity contribution >= 4 is 34.7 Å². The Labute approximate surface area is 127 Å². The van der Waals surface area contributed by atoms with E-state index >= 15 is 0 Å². The zero-order valence-corrected chi connectivity index (χ0v) is 13.0. The van der Waals surface area contributed by atoms with Gasteiger partial charge in [-0.2, -0.15) is 11.8 Å². The van der Waals surface area contributed by atoms with E-state index in [1.54, 1.807) is 0 Å². The second-order valence-electron chi connectivity index (χ2n) is 5.32. The molecular formula is C14H20N2O2S2. The van der Waals surface area contributed by atoms with Gasteiger partial charge in [-0.05, 0) is 36.5 Å². The zero-order chi connectivity index (χ0) is 13.9. The molecule has 0 aliphatic carbocycles. The number of hydrogen-bond acceptors (Lipinski definition) is 5. The maximum atomic E-state index is 12.8. The van der Waals surface area contributed by atoms with Crippen LogP contribution in [-0.2, 0) is 4.74 Å². The molecule has 2 atom stereocenters. The first kappa shape index (κ1) is 14.2. The molecule has 2 aliphatic heterocycles. The van der Waals surface area contributed by atoms with Crippen molar-refractivity contribution in [3.8, 4) is 0 Å². The minimum atomic E-state index is 0.0838. The van der Waals surface area contributed by atoms with Gasteiger partial charge in [0.1, 0.15) is 4.88 Å². The second-order valence-corrected chi connectivity index (χ2v) is 7.38. The number of rotatable bonds is 4. The van der Waals surface area contributed by atoms with Gasteiger partial charge in [0.2, 0.25) is 0 Å². The summed E-state index contributed by atoms with van der Waals surface area (Å²) in [6, 6.07) is 2.14. The largest absolute Gasteiger partial charge is 0.397 e. The minimum absolute atomic E-state index is 0.0838. The fraction of sp³-hybridized carbons (Fsp3) is 0.643. The molecule has 2 unspecified atom stereocenters. The number of thioether (sulfide) groups is 1. The second kappa shape index (κ2) is 6.37. The van der Waals surface area contributed by atoms with Crippen LogP contribution in [0.4, 0.5) is 5.69 Å². The van der Waals surface area contributed by atoms with Gasteiger partial charge in [0, 0.05) is 24.9 Å². The Kier molecular flexibility index (Phi) is 4.53. The average molecular weight is 312 g/mol. The fourth-order valence-corrected chi connectivity index (χ4v) is 4.79. The Morgan fingerprint density at radius 3 is 3.00 bits per heavy atom. The number of ether oxygens (including phenoxy) is 1. The van der Waals surface area contributed by atoms with Crippen LogP contribution in [0.1, 0.15) is 28.9 Å². The smallest absolute Gasteiger partial charge is 0.266 e. The zero-order valence-electron chi connectivity index (χ0n) is 11.4. The van der Waals surface area contributed by atoms with Crippen molar-refractivity contribution in [3.05, 3.63) is 16.3 Å². The third kappa shape index (κ3) is 2.97. The van der Waals surface area contributed by atoms with Crippen LogP contribution >= 0.6 is 23.1 Å². The van der Waals surface area contributed by atoms with Crippen LogP contribution in [0.3, 0.4) is 0 Å². The Bertz CT molecular complexity index is 465. The van der Waals surface area contributed by atoms with Crippen molar-refractivity contribution < 1.29 is 9.53 Å². The topological polar surface area (TPSA) is 55.6 Å². The van der Waals surface area contributed by atoms with E-state index in [1.165, 1.54) is 11.3 Å². The molecule has 4 nitrogen and oxygen atoms in total. The van der Waals surface area contributed by atoms with E-state index in [0.717, 1.165) is 37.4 Å². The van der Waals surface area contributed by atoms with Gasteiger partial charge in [0.05, 0.1) is 11.8 Å². The number of nitrogen functional groups attached to an aromatic ring is 1. The molecule has 0 spiro atoms. The van der Waals surface area contributed by atoms with E-state index in [1.807, 2.05) is 28.1 Å². The van der Waals surface area contributed by atoms with Crippen LogP contribution in [0.2, 0.25) is 0 Å². The van der Waals surface area contributed by atoms with Crippen LogP contribution < -0.4 is 5.73 Å². The van der Waals surface area contributed by atoms with Crippen molar-refractivity contribution in [2.75, 3.05) is 30.4 Å². The molecule has 6 heteroatoms. The number of carbonyl (C=O) groups is 1. The molecule has 20 heavy (non-hydrogen) atoms. The van der Waals surface area contributed by atoms with Gasteiger partial charge in [-0.25, -0.2) is 0 Å². The number of amides is 1. The Hall–Kier alpha value is -0.720. The highest BCUT2D eigenvalue weighted by Crippen LogP contribution is 2.28. The highest BCUT2D eigenvalue weighted by molar-refractivity contribution is 7.99. The average Bonchev–Trinajstić information content (AvgIpc) is 3.17. The number of carbonyl (C=O) groups excluding carboxylic acids is 1. The molecule has 3 heterocycles. The van der Waals surface area contributed by atoms with Crippen molar-refractivity contribution in [3.63, 3.8) is 0 Å². The van der Waals surface area contributed by atoms with Gasteiger partial charge in [0.25, 0.3) is 5.91 Å². The minimum Gasteiger partial charge on any atom is -0.397 e. The van der Waals surface area contributed by atoms with E-state index < -0.39 is 0 Å². The van der Waals surface area contributed by atoms with E-state index in [4.69, 9.17) is 10.5 Å². The van der Waals surface area contributed by atoms with E-state index in [9.17, 15) is 4.79 Å². The summed E-state index contributed by atoms with van der Waals surface area (Å²) in [7, 11) is 0. The van der Waals surface area contributed by atoms with Crippen LogP contribution in [-0.4, -0.2) is 47.6 Å². The highest BCUT2D eigenvalue weighted by atomic mass is 32.2. The molecule has 2 aliphatic rings. The lowest BCUT2D eigenvalue weighted by Gasteiger charge is -2.30. The maximum Gasteiger partial charge on any atom is 0.266 e. The van der Waals surface area contributed by atoms with E-state index in [0.29, 0.717) is 23.2 Å². The van der Waals surface area contributed by atoms with Gasteiger partial charge >= 0.3 is 0 Å². The number of nitrogens with two attached hydrogens (primary N) is 1. The first-order valence-electron chi connectivity index (χ1n) is 7.09. The molecule has 2 N–H and O–H groups in total. The summed E-state index contributed by atoms with van der Waals surface area (Å²) < 4.78 is 5.71. The van der Waals surface area contributed by atoms with Crippen molar-refractivity contribution in [2.24, 2.45) is 0 Å². The quantitative estimate of drug-likeness (QED) is 0.928. The fourth-order valence-electron chi connectivity index (χ4n) is 2.80.